The van der Waals surface area contributed by atoms with Gasteiger partial charge in [0.15, 0.2) is 6.61 Å². The Morgan fingerprint density at radius 2 is 1.90 bits per heavy atom. The fraction of sp³-hybridized carbons (Fsp3) is 0.318. The Labute approximate surface area is 170 Å². The summed E-state index contributed by atoms with van der Waals surface area (Å²) in [6.45, 7) is 9.32. The molecule has 1 heterocycles. The summed E-state index contributed by atoms with van der Waals surface area (Å²) in [6, 6.07) is 6.94. The highest BCUT2D eigenvalue weighted by molar-refractivity contribution is 6.16. The number of esters is 1. The molecule has 2 amide bonds. The number of rotatable bonds is 8. The Kier molecular flexibility index (Phi) is 7.36. The molecule has 29 heavy (non-hydrogen) atoms. The minimum absolute atomic E-state index is 0.0465. The van der Waals surface area contributed by atoms with Gasteiger partial charge in [0.25, 0.3) is 11.8 Å². The van der Waals surface area contributed by atoms with Crippen LogP contribution in [0.1, 0.15) is 26.3 Å². The van der Waals surface area contributed by atoms with Crippen molar-refractivity contribution in [2.45, 2.75) is 26.8 Å². The summed E-state index contributed by atoms with van der Waals surface area (Å²) < 4.78 is 10.3. The van der Waals surface area contributed by atoms with E-state index in [0.29, 0.717) is 23.6 Å². The Balaban J connectivity index is 2.21. The van der Waals surface area contributed by atoms with Gasteiger partial charge in [0.2, 0.25) is 0 Å². The molecule has 1 aliphatic rings. The molecule has 0 saturated carbocycles. The van der Waals surface area contributed by atoms with Crippen molar-refractivity contribution in [3.8, 4) is 5.75 Å². The molecular weight excluding hydrogens is 372 g/mol. The largest absolute Gasteiger partial charge is 0.484 e. The monoisotopic (exact) mass is 398 g/mol. The third kappa shape index (κ3) is 5.34. The van der Waals surface area contributed by atoms with Crippen LogP contribution in [-0.4, -0.2) is 49.0 Å². The first-order valence-corrected chi connectivity index (χ1v) is 9.24. The van der Waals surface area contributed by atoms with E-state index < -0.39 is 5.97 Å². The standard InChI is InChI=1S/C22H26N2O5/c1-6-11-24-15(4)20(22(27)28-5)18(21(24)26)12-16-7-9-17(10-8-16)29-13-19(25)23-14(2)3/h6-10,12,14H,1,11,13H2,2-5H3,(H,23,25)/b18-12-. The zero-order chi connectivity index (χ0) is 21.6. The van der Waals surface area contributed by atoms with Crippen LogP contribution in [0.4, 0.5) is 0 Å². The van der Waals surface area contributed by atoms with Gasteiger partial charge in [-0.25, -0.2) is 4.79 Å². The van der Waals surface area contributed by atoms with Crippen LogP contribution in [0.5, 0.6) is 5.75 Å². The highest BCUT2D eigenvalue weighted by Gasteiger charge is 2.36. The molecule has 0 unspecified atom stereocenters. The van der Waals surface area contributed by atoms with Gasteiger partial charge in [-0.3, -0.25) is 9.59 Å². The van der Waals surface area contributed by atoms with Crippen molar-refractivity contribution >= 4 is 23.9 Å². The highest BCUT2D eigenvalue weighted by atomic mass is 16.5. The number of benzene rings is 1. The van der Waals surface area contributed by atoms with Crippen molar-refractivity contribution in [1.82, 2.24) is 10.2 Å². The van der Waals surface area contributed by atoms with Crippen molar-refractivity contribution in [3.63, 3.8) is 0 Å². The number of amides is 2. The van der Waals surface area contributed by atoms with Gasteiger partial charge in [-0.1, -0.05) is 18.2 Å². The van der Waals surface area contributed by atoms with E-state index in [0.717, 1.165) is 0 Å². The first-order chi connectivity index (χ1) is 13.8. The molecule has 0 bridgehead atoms. The first-order valence-electron chi connectivity index (χ1n) is 9.24. The van der Waals surface area contributed by atoms with Gasteiger partial charge in [0, 0.05) is 18.3 Å². The molecule has 1 aliphatic heterocycles. The minimum Gasteiger partial charge on any atom is -0.484 e. The third-order valence-corrected chi connectivity index (χ3v) is 4.22. The number of carbonyl (C=O) groups is 3. The van der Waals surface area contributed by atoms with Gasteiger partial charge < -0.3 is 19.7 Å². The second-order valence-electron chi connectivity index (χ2n) is 6.79. The summed E-state index contributed by atoms with van der Waals surface area (Å²) in [4.78, 5) is 38.1. The fourth-order valence-corrected chi connectivity index (χ4v) is 2.92. The first kappa shape index (κ1) is 21.9. The summed E-state index contributed by atoms with van der Waals surface area (Å²) >= 11 is 0. The SMILES string of the molecule is C=CCN1C(=O)/C(=C\c2ccc(OCC(=O)NC(C)C)cc2)C(C(=O)OC)=C1C. The van der Waals surface area contributed by atoms with Gasteiger partial charge in [0.1, 0.15) is 5.75 Å². The topological polar surface area (TPSA) is 84.9 Å². The van der Waals surface area contributed by atoms with Crippen LogP contribution in [-0.2, 0) is 19.1 Å². The van der Waals surface area contributed by atoms with Crippen LogP contribution in [0.15, 0.2) is 53.8 Å². The van der Waals surface area contributed by atoms with Gasteiger partial charge in [0.05, 0.1) is 18.3 Å². The quantitative estimate of drug-likeness (QED) is 0.413. The molecule has 0 atom stereocenters. The second-order valence-corrected chi connectivity index (χ2v) is 6.79. The lowest BCUT2D eigenvalue weighted by atomic mass is 10.0. The van der Waals surface area contributed by atoms with E-state index in [-0.39, 0.29) is 35.6 Å². The number of nitrogens with zero attached hydrogens (tertiary/aromatic N) is 1. The van der Waals surface area contributed by atoms with Gasteiger partial charge >= 0.3 is 5.97 Å². The predicted molar refractivity (Wildman–Crippen MR) is 110 cm³/mol. The van der Waals surface area contributed by atoms with E-state index in [9.17, 15) is 14.4 Å². The number of methoxy groups -OCH3 is 1. The van der Waals surface area contributed by atoms with E-state index in [1.165, 1.54) is 12.0 Å². The smallest absolute Gasteiger partial charge is 0.340 e. The molecule has 0 fully saturated rings. The molecule has 1 aromatic carbocycles. The molecule has 7 nitrogen and oxygen atoms in total. The van der Waals surface area contributed by atoms with Crippen molar-refractivity contribution in [2.24, 2.45) is 0 Å². The zero-order valence-corrected chi connectivity index (χ0v) is 17.2. The number of nitrogens with one attached hydrogen (secondary N) is 1. The molecule has 7 heteroatoms. The maximum atomic E-state index is 12.8. The molecular formula is C22H26N2O5. The van der Waals surface area contributed by atoms with Crippen LogP contribution in [0.3, 0.4) is 0 Å². The summed E-state index contributed by atoms with van der Waals surface area (Å²) in [5, 5.41) is 2.75. The van der Waals surface area contributed by atoms with E-state index in [2.05, 4.69) is 11.9 Å². The van der Waals surface area contributed by atoms with Crippen LogP contribution < -0.4 is 10.1 Å². The summed E-state index contributed by atoms with van der Waals surface area (Å²) in [7, 11) is 1.28. The van der Waals surface area contributed by atoms with Crippen molar-refractivity contribution in [1.29, 1.82) is 0 Å². The highest BCUT2D eigenvalue weighted by Crippen LogP contribution is 2.31. The van der Waals surface area contributed by atoms with Crippen LogP contribution in [0.2, 0.25) is 0 Å². The average Bonchev–Trinajstić information content (AvgIpc) is 2.91. The maximum Gasteiger partial charge on any atom is 0.340 e. The minimum atomic E-state index is -0.565. The number of allylic oxidation sites excluding steroid dienone is 1. The second kappa shape index (κ2) is 9.73. The number of hydrogen-bond donors (Lipinski definition) is 1. The molecule has 1 aromatic rings. The lowest BCUT2D eigenvalue weighted by Crippen LogP contribution is -2.34. The Morgan fingerprint density at radius 1 is 1.24 bits per heavy atom. The maximum absolute atomic E-state index is 12.8. The predicted octanol–water partition coefficient (Wildman–Crippen LogP) is 2.45. The number of ether oxygens (including phenoxy) is 2. The lowest BCUT2D eigenvalue weighted by Gasteiger charge is -2.14. The van der Waals surface area contributed by atoms with Crippen molar-refractivity contribution in [2.75, 3.05) is 20.3 Å². The molecule has 1 N–H and O–H groups in total. The average molecular weight is 398 g/mol. The van der Waals surface area contributed by atoms with E-state index >= 15 is 0 Å². The van der Waals surface area contributed by atoms with E-state index in [1.54, 1.807) is 43.3 Å². The molecule has 0 saturated heterocycles. The molecule has 0 aromatic heterocycles. The van der Waals surface area contributed by atoms with Crippen molar-refractivity contribution in [3.05, 3.63) is 59.3 Å². The Morgan fingerprint density at radius 3 is 2.45 bits per heavy atom. The molecule has 0 radical (unpaired) electrons. The molecule has 0 spiro atoms. The number of carbonyl (C=O) groups excluding carboxylic acids is 3. The summed E-state index contributed by atoms with van der Waals surface area (Å²) in [5.74, 6) is -0.524. The molecule has 2 rings (SSSR count). The van der Waals surface area contributed by atoms with Crippen LogP contribution >= 0.6 is 0 Å². The van der Waals surface area contributed by atoms with Gasteiger partial charge in [-0.2, -0.15) is 0 Å². The molecule has 154 valence electrons. The van der Waals surface area contributed by atoms with Crippen LogP contribution in [0, 0.1) is 0 Å². The Bertz CT molecular complexity index is 866. The third-order valence-electron chi connectivity index (χ3n) is 4.22. The number of hydrogen-bond acceptors (Lipinski definition) is 5. The normalized spacial score (nSPS) is 15.1. The fourth-order valence-electron chi connectivity index (χ4n) is 2.92. The molecule has 0 aliphatic carbocycles. The van der Waals surface area contributed by atoms with E-state index in [4.69, 9.17) is 9.47 Å². The van der Waals surface area contributed by atoms with E-state index in [1.807, 2.05) is 13.8 Å². The zero-order valence-electron chi connectivity index (χ0n) is 17.2. The summed E-state index contributed by atoms with van der Waals surface area (Å²) in [5.41, 5.74) is 1.75. The Hall–Kier alpha value is -3.35. The van der Waals surface area contributed by atoms with Gasteiger partial charge in [-0.15, -0.1) is 6.58 Å². The lowest BCUT2D eigenvalue weighted by molar-refractivity contribution is -0.136. The van der Waals surface area contributed by atoms with Crippen LogP contribution in [0.25, 0.3) is 6.08 Å². The van der Waals surface area contributed by atoms with Crippen molar-refractivity contribution < 1.29 is 23.9 Å². The van der Waals surface area contributed by atoms with Gasteiger partial charge in [-0.05, 0) is 44.5 Å². The summed E-state index contributed by atoms with van der Waals surface area (Å²) in [6.07, 6.45) is 3.23.